The summed E-state index contributed by atoms with van der Waals surface area (Å²) >= 11 is 4.45. The first-order chi connectivity index (χ1) is 6.87. The van der Waals surface area contributed by atoms with Gasteiger partial charge < -0.3 is 5.73 Å². The number of aromatic nitrogens is 2. The molecule has 5 nitrogen and oxygen atoms in total. The van der Waals surface area contributed by atoms with Gasteiger partial charge in [-0.3, -0.25) is 0 Å². The van der Waals surface area contributed by atoms with E-state index in [1.165, 1.54) is 18.0 Å². The molecule has 0 spiro atoms. The Morgan fingerprint density at radius 2 is 2.20 bits per heavy atom. The van der Waals surface area contributed by atoms with E-state index in [2.05, 4.69) is 25.9 Å². The van der Waals surface area contributed by atoms with Crippen LogP contribution in [0.5, 0.6) is 0 Å². The van der Waals surface area contributed by atoms with Crippen molar-refractivity contribution in [1.29, 1.82) is 0 Å². The number of nitrogens with two attached hydrogens (primary N) is 1. The van der Waals surface area contributed by atoms with Gasteiger partial charge in [0.05, 0.1) is 5.75 Å². The maximum Gasteiger partial charge on any atom is 0.190 e. The van der Waals surface area contributed by atoms with Crippen LogP contribution in [0, 0.1) is 0 Å². The highest BCUT2D eigenvalue weighted by Gasteiger charge is 2.05. The molecule has 0 radical (unpaired) electrons. The van der Waals surface area contributed by atoms with Crippen LogP contribution >= 0.6 is 27.7 Å². The van der Waals surface area contributed by atoms with Crippen LogP contribution < -0.4 is 5.73 Å². The summed E-state index contributed by atoms with van der Waals surface area (Å²) in [5.41, 5.74) is 5.50. The highest BCUT2D eigenvalue weighted by atomic mass is 79.9. The SMILES string of the molecule is CS(=O)(=O)CCSc1nc(N)cc(Br)n1. The molecule has 0 aliphatic rings. The van der Waals surface area contributed by atoms with E-state index in [1.54, 1.807) is 6.07 Å². The van der Waals surface area contributed by atoms with Crippen molar-refractivity contribution in [2.45, 2.75) is 5.16 Å². The van der Waals surface area contributed by atoms with E-state index in [1.807, 2.05) is 0 Å². The molecule has 1 heterocycles. The van der Waals surface area contributed by atoms with Gasteiger partial charge in [-0.15, -0.1) is 0 Å². The van der Waals surface area contributed by atoms with Gasteiger partial charge in [0, 0.05) is 18.1 Å². The molecule has 8 heteroatoms. The minimum absolute atomic E-state index is 0.105. The van der Waals surface area contributed by atoms with Crippen LogP contribution in [0.25, 0.3) is 0 Å². The number of hydrogen-bond acceptors (Lipinski definition) is 6. The Labute approximate surface area is 101 Å². The third kappa shape index (κ3) is 5.33. The molecule has 1 aromatic rings. The summed E-state index contributed by atoms with van der Waals surface area (Å²) in [5.74, 6) is 0.890. The Kier molecular flexibility index (Phi) is 4.35. The average molecular weight is 312 g/mol. The molecule has 1 aromatic heterocycles. The van der Waals surface area contributed by atoms with Crippen LogP contribution in [-0.4, -0.2) is 36.1 Å². The maximum absolute atomic E-state index is 10.9. The minimum Gasteiger partial charge on any atom is -0.384 e. The minimum atomic E-state index is -2.93. The number of anilines is 1. The fourth-order valence-electron chi connectivity index (χ4n) is 0.762. The Balaban J connectivity index is 2.58. The zero-order chi connectivity index (χ0) is 11.5. The van der Waals surface area contributed by atoms with Crippen molar-refractivity contribution < 1.29 is 8.42 Å². The van der Waals surface area contributed by atoms with E-state index in [-0.39, 0.29) is 5.75 Å². The second-order valence-corrected chi connectivity index (χ2v) is 7.01. The monoisotopic (exact) mass is 311 g/mol. The molecule has 0 amide bonds. The number of sulfone groups is 1. The molecule has 0 aliphatic carbocycles. The normalized spacial score (nSPS) is 11.6. The van der Waals surface area contributed by atoms with Gasteiger partial charge in [0.25, 0.3) is 0 Å². The van der Waals surface area contributed by atoms with E-state index >= 15 is 0 Å². The van der Waals surface area contributed by atoms with E-state index < -0.39 is 9.84 Å². The van der Waals surface area contributed by atoms with Crippen LogP contribution in [-0.2, 0) is 9.84 Å². The summed E-state index contributed by atoms with van der Waals surface area (Å²) in [6.07, 6.45) is 1.20. The van der Waals surface area contributed by atoms with Gasteiger partial charge in [-0.05, 0) is 15.9 Å². The molecule has 0 fully saturated rings. The predicted molar refractivity (Wildman–Crippen MR) is 64.6 cm³/mol. The molecule has 84 valence electrons. The lowest BCUT2D eigenvalue weighted by molar-refractivity contribution is 0.603. The standard InChI is InChI=1S/C7H10BrN3O2S2/c1-15(12,13)3-2-14-7-10-5(8)4-6(9)11-7/h4H,2-3H2,1H3,(H2,9,10,11). The Morgan fingerprint density at radius 3 is 2.73 bits per heavy atom. The largest absolute Gasteiger partial charge is 0.384 e. The van der Waals surface area contributed by atoms with Crippen molar-refractivity contribution in [1.82, 2.24) is 9.97 Å². The van der Waals surface area contributed by atoms with Crippen LogP contribution in [0.3, 0.4) is 0 Å². The molecule has 0 saturated carbocycles. The zero-order valence-corrected chi connectivity index (χ0v) is 11.2. The van der Waals surface area contributed by atoms with Gasteiger partial charge in [-0.2, -0.15) is 0 Å². The van der Waals surface area contributed by atoms with Crippen molar-refractivity contribution >= 4 is 43.3 Å². The number of halogens is 1. The fourth-order valence-corrected chi connectivity index (χ4v) is 3.34. The highest BCUT2D eigenvalue weighted by Crippen LogP contribution is 2.18. The van der Waals surface area contributed by atoms with Gasteiger partial charge in [-0.25, -0.2) is 18.4 Å². The van der Waals surface area contributed by atoms with Gasteiger partial charge in [0.15, 0.2) is 5.16 Å². The smallest absolute Gasteiger partial charge is 0.190 e. The maximum atomic E-state index is 10.9. The Bertz CT molecular complexity index is 429. The summed E-state index contributed by atoms with van der Waals surface area (Å²) in [6.45, 7) is 0. The molecule has 15 heavy (non-hydrogen) atoms. The first-order valence-corrected chi connectivity index (χ1v) is 7.81. The van der Waals surface area contributed by atoms with Crippen molar-refractivity contribution in [3.05, 3.63) is 10.7 Å². The van der Waals surface area contributed by atoms with Gasteiger partial charge in [0.1, 0.15) is 20.3 Å². The molecule has 2 N–H and O–H groups in total. The number of thioether (sulfide) groups is 1. The summed E-state index contributed by atoms with van der Waals surface area (Å²) in [7, 11) is -2.93. The third-order valence-corrected chi connectivity index (χ3v) is 3.84. The predicted octanol–water partition coefficient (Wildman–Crippen LogP) is 0.958. The molecule has 0 aliphatic heterocycles. The summed E-state index contributed by atoms with van der Waals surface area (Å²) in [6, 6.07) is 1.58. The molecule has 0 aromatic carbocycles. The average Bonchev–Trinajstić information content (AvgIpc) is 1.99. The number of rotatable bonds is 4. The van der Waals surface area contributed by atoms with Crippen LogP contribution in [0.2, 0.25) is 0 Å². The Morgan fingerprint density at radius 1 is 1.53 bits per heavy atom. The number of hydrogen-bond donors (Lipinski definition) is 1. The van der Waals surface area contributed by atoms with Crippen LogP contribution in [0.4, 0.5) is 5.82 Å². The lowest BCUT2D eigenvalue weighted by Gasteiger charge is -2.01. The van der Waals surface area contributed by atoms with Gasteiger partial charge >= 0.3 is 0 Å². The molecule has 0 bridgehead atoms. The molecule has 0 unspecified atom stereocenters. The molecular formula is C7H10BrN3O2S2. The second kappa shape index (κ2) is 5.13. The number of nitrogens with zero attached hydrogens (tertiary/aromatic N) is 2. The van der Waals surface area contributed by atoms with E-state index in [4.69, 9.17) is 5.73 Å². The topological polar surface area (TPSA) is 85.9 Å². The van der Waals surface area contributed by atoms with E-state index in [9.17, 15) is 8.42 Å². The van der Waals surface area contributed by atoms with Crippen molar-refractivity contribution in [3.8, 4) is 0 Å². The first kappa shape index (κ1) is 12.7. The van der Waals surface area contributed by atoms with Gasteiger partial charge in [0.2, 0.25) is 0 Å². The van der Waals surface area contributed by atoms with E-state index in [0.29, 0.717) is 21.3 Å². The summed E-state index contributed by atoms with van der Waals surface area (Å²) in [5, 5.41) is 0.477. The molecule has 1 rings (SSSR count). The fraction of sp³-hybridized carbons (Fsp3) is 0.429. The molecular weight excluding hydrogens is 302 g/mol. The Hall–Kier alpha value is -0.340. The van der Waals surface area contributed by atoms with Crippen LogP contribution in [0.1, 0.15) is 0 Å². The molecule has 0 atom stereocenters. The molecule has 0 saturated heterocycles. The van der Waals surface area contributed by atoms with Crippen molar-refractivity contribution in [2.75, 3.05) is 23.5 Å². The second-order valence-electron chi connectivity index (χ2n) is 2.88. The van der Waals surface area contributed by atoms with Gasteiger partial charge in [-0.1, -0.05) is 11.8 Å². The van der Waals surface area contributed by atoms with Crippen molar-refractivity contribution in [2.24, 2.45) is 0 Å². The zero-order valence-electron chi connectivity index (χ0n) is 7.97. The lowest BCUT2D eigenvalue weighted by Crippen LogP contribution is -2.05. The van der Waals surface area contributed by atoms with Crippen molar-refractivity contribution in [3.63, 3.8) is 0 Å². The lowest BCUT2D eigenvalue weighted by atomic mass is 10.6. The van der Waals surface area contributed by atoms with Crippen LogP contribution in [0.15, 0.2) is 15.8 Å². The third-order valence-electron chi connectivity index (χ3n) is 1.38. The quantitative estimate of drug-likeness (QED) is 0.506. The summed E-state index contributed by atoms with van der Waals surface area (Å²) < 4.78 is 22.3. The highest BCUT2D eigenvalue weighted by molar-refractivity contribution is 9.10. The first-order valence-electron chi connectivity index (χ1n) is 3.97. The number of nitrogen functional groups attached to an aromatic ring is 1. The summed E-state index contributed by atoms with van der Waals surface area (Å²) in [4.78, 5) is 8.01. The van der Waals surface area contributed by atoms with E-state index in [0.717, 1.165) is 0 Å².